The topological polar surface area (TPSA) is 3.24 Å². The van der Waals surface area contributed by atoms with Crippen molar-refractivity contribution in [1.29, 1.82) is 0 Å². The van der Waals surface area contributed by atoms with Crippen LogP contribution in [0.5, 0.6) is 0 Å². The van der Waals surface area contributed by atoms with Crippen molar-refractivity contribution >= 4 is 0 Å². The lowest BCUT2D eigenvalue weighted by Crippen LogP contribution is -2.26. The summed E-state index contributed by atoms with van der Waals surface area (Å²) >= 11 is 0. The van der Waals surface area contributed by atoms with Crippen LogP contribution in [0.4, 0.5) is 0 Å². The first-order valence-electron chi connectivity index (χ1n) is 5.36. The number of hydrogen-bond acceptors (Lipinski definition) is 1. The van der Waals surface area contributed by atoms with Crippen LogP contribution in [0.2, 0.25) is 0 Å². The minimum atomic E-state index is 0.479. The van der Waals surface area contributed by atoms with Crippen molar-refractivity contribution in [3.05, 3.63) is 60.4 Å². The highest BCUT2D eigenvalue weighted by molar-refractivity contribution is 5.46. The van der Waals surface area contributed by atoms with Crippen LogP contribution in [0.1, 0.15) is 6.92 Å². The lowest BCUT2D eigenvalue weighted by atomic mass is 9.91. The lowest BCUT2D eigenvalue weighted by molar-refractivity contribution is 0.377. The van der Waals surface area contributed by atoms with Crippen molar-refractivity contribution < 1.29 is 0 Å². The molecule has 1 heteroatoms. The molecule has 0 bridgehead atoms. The van der Waals surface area contributed by atoms with Gasteiger partial charge in [-0.3, -0.25) is 0 Å². The van der Waals surface area contributed by atoms with Crippen molar-refractivity contribution in [3.8, 4) is 0 Å². The Morgan fingerprint density at radius 3 is 2.73 bits per heavy atom. The first kappa shape index (κ1) is 10.0. The molecule has 0 aromatic heterocycles. The Morgan fingerprint density at radius 2 is 2.07 bits per heavy atom. The third-order valence-electron chi connectivity index (χ3n) is 3.16. The lowest BCUT2D eigenvalue weighted by Gasteiger charge is -2.22. The summed E-state index contributed by atoms with van der Waals surface area (Å²) in [5.41, 5.74) is 2.70. The Kier molecular flexibility index (Phi) is 2.63. The van der Waals surface area contributed by atoms with Crippen LogP contribution < -0.4 is 0 Å². The van der Waals surface area contributed by atoms with Crippen molar-refractivity contribution in [3.63, 3.8) is 0 Å². The van der Waals surface area contributed by atoms with Crippen molar-refractivity contribution in [2.75, 3.05) is 7.05 Å². The van der Waals surface area contributed by atoms with E-state index in [2.05, 4.69) is 61.9 Å². The second-order valence-corrected chi connectivity index (χ2v) is 3.93. The van der Waals surface area contributed by atoms with Gasteiger partial charge < -0.3 is 4.90 Å². The molecule has 15 heavy (non-hydrogen) atoms. The molecule has 1 nitrogen and oxygen atoms in total. The van der Waals surface area contributed by atoms with Gasteiger partial charge in [0.25, 0.3) is 0 Å². The van der Waals surface area contributed by atoms with E-state index in [1.165, 1.54) is 11.3 Å². The predicted octanol–water partition coefficient (Wildman–Crippen LogP) is 3.06. The minimum absolute atomic E-state index is 0.479. The van der Waals surface area contributed by atoms with Crippen LogP contribution in [0.3, 0.4) is 0 Å². The maximum atomic E-state index is 3.79. The first-order valence-corrected chi connectivity index (χ1v) is 5.36. The average Bonchev–Trinajstić information content (AvgIpc) is 2.54. The van der Waals surface area contributed by atoms with E-state index in [1.807, 2.05) is 6.08 Å². The van der Waals surface area contributed by atoms with E-state index < -0.39 is 0 Å². The van der Waals surface area contributed by atoms with Crippen molar-refractivity contribution in [2.24, 2.45) is 5.92 Å². The zero-order chi connectivity index (χ0) is 10.8. The summed E-state index contributed by atoms with van der Waals surface area (Å²) in [6.45, 7) is 5.88. The molecule has 0 N–H and O–H groups in total. The largest absolute Gasteiger partial charge is 0.367 e. The summed E-state index contributed by atoms with van der Waals surface area (Å²) in [6, 6.07) is 0.479. The molecule has 0 aromatic carbocycles. The van der Waals surface area contributed by atoms with E-state index in [1.54, 1.807) is 0 Å². The molecule has 0 radical (unpaired) electrons. The van der Waals surface area contributed by atoms with Crippen LogP contribution in [0, 0.1) is 5.92 Å². The Morgan fingerprint density at radius 1 is 1.33 bits per heavy atom. The fraction of sp³-hybridized carbons (Fsp3) is 0.286. The monoisotopic (exact) mass is 199 g/mol. The highest BCUT2D eigenvalue weighted by Crippen LogP contribution is 2.39. The molecule has 1 aliphatic heterocycles. The molecule has 2 atom stereocenters. The summed E-state index contributed by atoms with van der Waals surface area (Å²) < 4.78 is 0. The Labute approximate surface area is 91.8 Å². The molecular formula is C14H17N. The Hall–Kier alpha value is -1.50. The highest BCUT2D eigenvalue weighted by atomic mass is 15.2. The highest BCUT2D eigenvalue weighted by Gasteiger charge is 2.35. The van der Waals surface area contributed by atoms with Crippen LogP contribution in [-0.4, -0.2) is 18.0 Å². The number of nitrogens with zero attached hydrogens (tertiary/aromatic N) is 1. The molecule has 1 heterocycles. The normalized spacial score (nSPS) is 33.9. The fourth-order valence-electron chi connectivity index (χ4n) is 2.48. The van der Waals surface area contributed by atoms with Gasteiger partial charge in [-0.15, -0.1) is 0 Å². The maximum Gasteiger partial charge on any atom is 0.0577 e. The quantitative estimate of drug-likeness (QED) is 0.627. The van der Waals surface area contributed by atoms with Gasteiger partial charge in [0.2, 0.25) is 0 Å². The van der Waals surface area contributed by atoms with Gasteiger partial charge >= 0.3 is 0 Å². The molecule has 1 aliphatic carbocycles. The summed E-state index contributed by atoms with van der Waals surface area (Å²) in [5, 5.41) is 0. The van der Waals surface area contributed by atoms with E-state index in [0.717, 1.165) is 0 Å². The second-order valence-electron chi connectivity index (χ2n) is 3.93. The number of hydrogen-bond donors (Lipinski definition) is 0. The standard InChI is InChI=1S/C14H17N/c1-4-8-11-12-9-6-7-10-14(12)15(3)13(11)5-2/h4-10,12,14H,1H2,2-3H3/b11-8-,13-5+. The fourth-order valence-corrected chi connectivity index (χ4v) is 2.48. The van der Waals surface area contributed by atoms with Crippen LogP contribution in [0.25, 0.3) is 0 Å². The molecule has 1 fully saturated rings. The third-order valence-corrected chi connectivity index (χ3v) is 3.16. The first-order chi connectivity index (χ1) is 7.29. The average molecular weight is 199 g/mol. The van der Waals surface area contributed by atoms with Gasteiger partial charge in [0.15, 0.2) is 0 Å². The van der Waals surface area contributed by atoms with Crippen molar-refractivity contribution in [1.82, 2.24) is 4.90 Å². The molecule has 2 unspecified atom stereocenters. The summed E-state index contributed by atoms with van der Waals surface area (Å²) in [7, 11) is 2.15. The Bertz CT molecular complexity index is 382. The van der Waals surface area contributed by atoms with Gasteiger partial charge in [-0.1, -0.05) is 49.1 Å². The minimum Gasteiger partial charge on any atom is -0.367 e. The number of allylic oxidation sites excluding steroid dienone is 6. The van der Waals surface area contributed by atoms with Crippen LogP contribution in [-0.2, 0) is 0 Å². The number of likely N-dealkylation sites (N-methyl/N-ethyl adjacent to an activating group) is 1. The van der Waals surface area contributed by atoms with E-state index in [9.17, 15) is 0 Å². The summed E-state index contributed by atoms with van der Waals surface area (Å²) in [4.78, 5) is 2.33. The molecule has 1 saturated heterocycles. The zero-order valence-electron chi connectivity index (χ0n) is 9.35. The molecule has 78 valence electrons. The molecule has 0 amide bonds. The number of fused-ring (bicyclic) bond motifs is 1. The van der Waals surface area contributed by atoms with Gasteiger partial charge in [-0.05, 0) is 12.5 Å². The smallest absolute Gasteiger partial charge is 0.0577 e. The predicted molar refractivity (Wildman–Crippen MR) is 65.4 cm³/mol. The second kappa shape index (κ2) is 3.93. The SMILES string of the molecule is C=C/C=C1\C(=C/C)N(C)C2C=CC=CC12. The van der Waals surface area contributed by atoms with Gasteiger partial charge in [0.1, 0.15) is 0 Å². The van der Waals surface area contributed by atoms with Gasteiger partial charge in [0.05, 0.1) is 6.04 Å². The van der Waals surface area contributed by atoms with Crippen molar-refractivity contribution in [2.45, 2.75) is 13.0 Å². The summed E-state index contributed by atoms with van der Waals surface area (Å²) in [5.74, 6) is 0.490. The summed E-state index contributed by atoms with van der Waals surface area (Å²) in [6.07, 6.45) is 15.0. The van der Waals surface area contributed by atoms with Crippen LogP contribution in [0.15, 0.2) is 60.4 Å². The van der Waals surface area contributed by atoms with E-state index in [4.69, 9.17) is 0 Å². The van der Waals surface area contributed by atoms with Crippen LogP contribution >= 0.6 is 0 Å². The molecule has 2 rings (SSSR count). The molecular weight excluding hydrogens is 182 g/mol. The number of rotatable bonds is 1. The molecule has 2 aliphatic rings. The molecule has 0 spiro atoms. The maximum absolute atomic E-state index is 3.79. The van der Waals surface area contributed by atoms with E-state index >= 15 is 0 Å². The van der Waals surface area contributed by atoms with Gasteiger partial charge in [-0.25, -0.2) is 0 Å². The number of likely N-dealkylation sites (tertiary alicyclic amines) is 1. The molecule has 0 saturated carbocycles. The van der Waals surface area contributed by atoms with Gasteiger partial charge in [0, 0.05) is 18.7 Å². The van der Waals surface area contributed by atoms with E-state index in [0.29, 0.717) is 12.0 Å². The third kappa shape index (κ3) is 1.48. The Balaban J connectivity index is 2.46. The van der Waals surface area contributed by atoms with Gasteiger partial charge in [-0.2, -0.15) is 0 Å². The zero-order valence-corrected chi connectivity index (χ0v) is 9.35. The molecule has 0 aromatic rings. The van der Waals surface area contributed by atoms with E-state index in [-0.39, 0.29) is 0 Å².